The molecule has 7 nitrogen and oxygen atoms in total. The Bertz CT molecular complexity index is 4080. The Morgan fingerprint density at radius 1 is 0.342 bits per heavy atom. The molecule has 11 aromatic rings. The van der Waals surface area contributed by atoms with Crippen LogP contribution < -0.4 is 0 Å². The summed E-state index contributed by atoms with van der Waals surface area (Å²) in [5.74, 6) is 1.24. The third-order valence-corrected chi connectivity index (χ3v) is 15.1. The minimum Gasteiger partial charge on any atom is -0.310 e. The number of aromatic nitrogens is 5. The van der Waals surface area contributed by atoms with Gasteiger partial charge in [-0.3, -0.25) is 0 Å². The predicted octanol–water partition coefficient (Wildman–Crippen LogP) is 19.0. The highest BCUT2D eigenvalue weighted by molar-refractivity contribution is 6.12. The van der Waals surface area contributed by atoms with Gasteiger partial charge in [0.05, 0.1) is 40.9 Å². The summed E-state index contributed by atoms with van der Waals surface area (Å²) < 4.78 is 4.64. The molecule has 0 amide bonds. The van der Waals surface area contributed by atoms with Crippen molar-refractivity contribution in [2.75, 3.05) is 0 Å². The van der Waals surface area contributed by atoms with Gasteiger partial charge in [-0.2, -0.15) is 0 Å². The second-order valence-corrected chi connectivity index (χ2v) is 24.4. The summed E-state index contributed by atoms with van der Waals surface area (Å²) in [7, 11) is 0. The summed E-state index contributed by atoms with van der Waals surface area (Å²) in [6.07, 6.45) is 0. The van der Waals surface area contributed by atoms with Crippen LogP contribution in [0.2, 0.25) is 0 Å². The highest BCUT2D eigenvalue weighted by Crippen LogP contribution is 2.47. The van der Waals surface area contributed by atoms with E-state index in [1.165, 1.54) is 22.3 Å². The van der Waals surface area contributed by atoms with Gasteiger partial charge in [0.25, 0.3) is 0 Å². The standard InChI is InChI=1S/C69H63N7/c1-66(2,3)43-30-34-55-49(38-43)50-39-44(67(4,5)6)31-35-56(50)75(55)59-28-20-25-48(47-24-18-19-26-53(47)70-13)61(59)64-72-63(42-22-16-15-17-23-42)73-65(74-64)62-54(71-14)27-21-29-60(62)76-57-36-32-45(68(7,8)9)40-51(57)52-41-46(69(10,11)12)33-37-58(52)76/h15-41H,1-12H3. The van der Waals surface area contributed by atoms with E-state index in [0.29, 0.717) is 34.4 Å². The fraction of sp³-hybridized carbons (Fsp3) is 0.232. The lowest BCUT2D eigenvalue weighted by atomic mass is 9.85. The zero-order chi connectivity index (χ0) is 53.6. The van der Waals surface area contributed by atoms with Crippen molar-refractivity contribution in [3.8, 4) is 56.7 Å². The molecule has 0 radical (unpaired) electrons. The van der Waals surface area contributed by atoms with Crippen LogP contribution in [0.3, 0.4) is 0 Å². The molecule has 11 rings (SSSR count). The molecule has 0 spiro atoms. The van der Waals surface area contributed by atoms with Crippen LogP contribution in [0.4, 0.5) is 11.4 Å². The van der Waals surface area contributed by atoms with Crippen LogP contribution in [-0.4, -0.2) is 24.1 Å². The highest BCUT2D eigenvalue weighted by atomic mass is 15.1. The van der Waals surface area contributed by atoms with E-state index in [9.17, 15) is 0 Å². The van der Waals surface area contributed by atoms with Crippen LogP contribution in [0, 0.1) is 13.1 Å². The molecule has 3 heterocycles. The van der Waals surface area contributed by atoms with Crippen molar-refractivity contribution in [1.82, 2.24) is 24.1 Å². The number of rotatable bonds is 6. The number of para-hydroxylation sites is 1. The molecule has 0 unspecified atom stereocenters. The highest BCUT2D eigenvalue weighted by Gasteiger charge is 2.29. The predicted molar refractivity (Wildman–Crippen MR) is 318 cm³/mol. The van der Waals surface area contributed by atoms with Gasteiger partial charge in [-0.15, -0.1) is 0 Å². The molecule has 0 saturated heterocycles. The minimum atomic E-state index is -0.0850. The maximum atomic E-state index is 8.80. The smallest absolute Gasteiger partial charge is 0.200 e. The molecule has 7 heteroatoms. The Morgan fingerprint density at radius 3 is 1.13 bits per heavy atom. The number of benzene rings is 8. The second kappa shape index (κ2) is 18.0. The Labute approximate surface area is 447 Å². The molecule has 0 aliphatic rings. The average molecular weight is 990 g/mol. The molecule has 0 aliphatic carbocycles. The third-order valence-electron chi connectivity index (χ3n) is 15.1. The van der Waals surface area contributed by atoms with Gasteiger partial charge in [0, 0.05) is 43.9 Å². The first-order valence-corrected chi connectivity index (χ1v) is 26.3. The van der Waals surface area contributed by atoms with Crippen molar-refractivity contribution in [1.29, 1.82) is 0 Å². The average Bonchev–Trinajstić information content (AvgIpc) is 3.99. The summed E-state index contributed by atoms with van der Waals surface area (Å²) in [5, 5.41) is 4.58. The molecule has 0 N–H and O–H groups in total. The molecule has 0 fully saturated rings. The van der Waals surface area contributed by atoms with Crippen molar-refractivity contribution < 1.29 is 0 Å². The second-order valence-electron chi connectivity index (χ2n) is 24.4. The SMILES string of the molecule is [C-]#[N+]c1ccccc1-c1cccc(-n2c3ccc(C(C)(C)C)cc3c3cc(C(C)(C)C)ccc32)c1-c1nc(-c2ccccc2)nc(-c2c([N+]#[C-])cccc2-n2c3ccc(C(C)(C)C)cc3c3cc(C(C)(C)C)ccc32)n1. The summed E-state index contributed by atoms with van der Waals surface area (Å²) in [6.45, 7) is 44.3. The van der Waals surface area contributed by atoms with Gasteiger partial charge in [0.1, 0.15) is 0 Å². The molecular formula is C69H63N7. The number of nitrogens with zero attached hydrogens (tertiary/aromatic N) is 7. The van der Waals surface area contributed by atoms with E-state index in [1.807, 2.05) is 66.7 Å². The first-order valence-electron chi connectivity index (χ1n) is 26.3. The van der Waals surface area contributed by atoms with Crippen LogP contribution >= 0.6 is 0 Å². The van der Waals surface area contributed by atoms with Crippen LogP contribution in [-0.2, 0) is 21.7 Å². The van der Waals surface area contributed by atoms with Crippen molar-refractivity contribution in [2.24, 2.45) is 0 Å². The number of hydrogen-bond donors (Lipinski definition) is 0. The molecule has 0 saturated carbocycles. The lowest BCUT2D eigenvalue weighted by Crippen LogP contribution is -2.10. The first-order chi connectivity index (χ1) is 36.1. The summed E-state index contributed by atoms with van der Waals surface area (Å²) in [6, 6.07) is 57.3. The quantitative estimate of drug-likeness (QED) is 0.156. The molecule has 0 aliphatic heterocycles. The maximum absolute atomic E-state index is 8.80. The topological polar surface area (TPSA) is 57.2 Å². The summed E-state index contributed by atoms with van der Waals surface area (Å²) >= 11 is 0. The molecule has 374 valence electrons. The molecule has 3 aromatic heterocycles. The zero-order valence-corrected chi connectivity index (χ0v) is 45.7. The Balaban J connectivity index is 1.27. The van der Waals surface area contributed by atoms with Crippen LogP contribution in [0.15, 0.2) is 164 Å². The van der Waals surface area contributed by atoms with Crippen molar-refractivity contribution in [3.05, 3.63) is 209 Å². The monoisotopic (exact) mass is 990 g/mol. The van der Waals surface area contributed by atoms with Crippen LogP contribution in [0.25, 0.3) is 110 Å². The lowest BCUT2D eigenvalue weighted by Gasteiger charge is -2.21. The fourth-order valence-corrected chi connectivity index (χ4v) is 10.8. The van der Waals surface area contributed by atoms with Crippen molar-refractivity contribution in [3.63, 3.8) is 0 Å². The van der Waals surface area contributed by atoms with E-state index in [0.717, 1.165) is 77.2 Å². The van der Waals surface area contributed by atoms with Crippen molar-refractivity contribution in [2.45, 2.75) is 105 Å². The van der Waals surface area contributed by atoms with Gasteiger partial charge in [0.15, 0.2) is 28.8 Å². The Kier molecular flexibility index (Phi) is 11.8. The molecule has 76 heavy (non-hydrogen) atoms. The van der Waals surface area contributed by atoms with Gasteiger partial charge in [-0.05, 0) is 116 Å². The van der Waals surface area contributed by atoms with E-state index in [2.05, 4.69) is 199 Å². The van der Waals surface area contributed by atoms with E-state index in [4.69, 9.17) is 28.1 Å². The molecule has 8 aromatic carbocycles. The zero-order valence-electron chi connectivity index (χ0n) is 45.7. The minimum absolute atomic E-state index is 0.0804. The van der Waals surface area contributed by atoms with E-state index in [-0.39, 0.29) is 21.7 Å². The maximum Gasteiger partial charge on any atom is 0.200 e. The molecule has 0 atom stereocenters. The summed E-state index contributed by atoms with van der Waals surface area (Å²) in [4.78, 5) is 24.8. The number of hydrogen-bond acceptors (Lipinski definition) is 3. The molecule has 0 bridgehead atoms. The normalized spacial score (nSPS) is 12.4. The van der Waals surface area contributed by atoms with E-state index >= 15 is 0 Å². The lowest BCUT2D eigenvalue weighted by molar-refractivity contribution is 0.590. The summed E-state index contributed by atoms with van der Waals surface area (Å²) in [5.41, 5.74) is 15.1. The van der Waals surface area contributed by atoms with Gasteiger partial charge in [-0.1, -0.05) is 186 Å². The van der Waals surface area contributed by atoms with Gasteiger partial charge < -0.3 is 9.13 Å². The largest absolute Gasteiger partial charge is 0.310 e. The first kappa shape index (κ1) is 49.6. The van der Waals surface area contributed by atoms with Crippen LogP contribution in [0.5, 0.6) is 0 Å². The van der Waals surface area contributed by atoms with Gasteiger partial charge in [-0.25, -0.2) is 24.6 Å². The Hall–Kier alpha value is -8.65. The Morgan fingerprint density at radius 2 is 0.697 bits per heavy atom. The van der Waals surface area contributed by atoms with Gasteiger partial charge in [0.2, 0.25) is 0 Å². The third kappa shape index (κ3) is 8.51. The van der Waals surface area contributed by atoms with E-state index in [1.54, 1.807) is 0 Å². The van der Waals surface area contributed by atoms with E-state index < -0.39 is 0 Å². The fourth-order valence-electron chi connectivity index (χ4n) is 10.8. The van der Waals surface area contributed by atoms with Crippen LogP contribution in [0.1, 0.15) is 105 Å². The number of fused-ring (bicyclic) bond motifs is 6. The molecular weight excluding hydrogens is 927 g/mol. The van der Waals surface area contributed by atoms with Gasteiger partial charge >= 0.3 is 0 Å². The van der Waals surface area contributed by atoms with Crippen molar-refractivity contribution >= 4 is 55.0 Å².